The number of piperazine rings is 1. The van der Waals surface area contributed by atoms with Crippen LogP contribution in [0.15, 0.2) is 0 Å². The molecular formula is C12H23N3O3. The van der Waals surface area contributed by atoms with Crippen molar-refractivity contribution in [1.29, 1.82) is 0 Å². The van der Waals surface area contributed by atoms with Gasteiger partial charge in [-0.05, 0) is 12.8 Å². The fourth-order valence-electron chi connectivity index (χ4n) is 1.97. The highest BCUT2D eigenvalue weighted by atomic mass is 16.5. The molecule has 1 rings (SSSR count). The summed E-state index contributed by atoms with van der Waals surface area (Å²) >= 11 is 0. The summed E-state index contributed by atoms with van der Waals surface area (Å²) in [6.45, 7) is 7.86. The molecular weight excluding hydrogens is 234 g/mol. The van der Waals surface area contributed by atoms with Crippen molar-refractivity contribution >= 4 is 12.0 Å². The summed E-state index contributed by atoms with van der Waals surface area (Å²) in [5.41, 5.74) is 0. The number of carbonyl (C=O) groups is 2. The van der Waals surface area contributed by atoms with Crippen molar-refractivity contribution in [3.05, 3.63) is 0 Å². The van der Waals surface area contributed by atoms with Gasteiger partial charge in [0.15, 0.2) is 0 Å². The van der Waals surface area contributed by atoms with Crippen molar-refractivity contribution < 1.29 is 14.3 Å². The Morgan fingerprint density at radius 1 is 1.44 bits per heavy atom. The molecule has 0 spiro atoms. The molecule has 2 atom stereocenters. The third kappa shape index (κ3) is 3.87. The lowest BCUT2D eigenvalue weighted by Gasteiger charge is -2.33. The maximum Gasteiger partial charge on any atom is 0.328 e. The molecule has 2 amide bonds. The number of nitrogens with one attached hydrogen (secondary N) is 2. The lowest BCUT2D eigenvalue weighted by Crippen LogP contribution is -2.57. The fourth-order valence-corrected chi connectivity index (χ4v) is 1.97. The van der Waals surface area contributed by atoms with E-state index in [2.05, 4.69) is 10.6 Å². The minimum absolute atomic E-state index is 0.00161. The smallest absolute Gasteiger partial charge is 0.328 e. The molecule has 1 heterocycles. The number of urea groups is 1. The average Bonchev–Trinajstić information content (AvgIpc) is 2.34. The highest BCUT2D eigenvalue weighted by Crippen LogP contribution is 2.06. The molecule has 0 aromatic carbocycles. The second-order valence-electron chi connectivity index (χ2n) is 5.00. The number of carbonyl (C=O) groups excluding carboxylic acids is 2. The van der Waals surface area contributed by atoms with Crippen molar-refractivity contribution in [2.75, 3.05) is 26.7 Å². The first-order valence-corrected chi connectivity index (χ1v) is 6.32. The summed E-state index contributed by atoms with van der Waals surface area (Å²) < 4.78 is 4.70. The van der Waals surface area contributed by atoms with Crippen molar-refractivity contribution in [2.45, 2.75) is 32.9 Å². The van der Waals surface area contributed by atoms with E-state index in [1.807, 2.05) is 20.8 Å². The Morgan fingerprint density at radius 3 is 2.61 bits per heavy atom. The number of esters is 1. The zero-order valence-corrected chi connectivity index (χ0v) is 11.5. The standard InChI is InChI=1S/C12H23N3O3/c1-8(2)10(11(16)18-4)14-12(17)15-6-5-13-9(3)7-15/h8-10,13H,5-7H2,1-4H3,(H,14,17)/t9-,10-/m0/s1. The Bertz CT molecular complexity index is 307. The number of rotatable bonds is 3. The molecule has 104 valence electrons. The van der Waals surface area contributed by atoms with Crippen molar-refractivity contribution in [3.8, 4) is 0 Å². The summed E-state index contributed by atoms with van der Waals surface area (Å²) in [4.78, 5) is 25.3. The normalized spacial score (nSPS) is 21.6. The topological polar surface area (TPSA) is 70.7 Å². The van der Waals surface area contributed by atoms with E-state index < -0.39 is 12.0 Å². The Balaban J connectivity index is 2.58. The van der Waals surface area contributed by atoms with Gasteiger partial charge in [0.05, 0.1) is 7.11 Å². The first kappa shape index (κ1) is 14.8. The average molecular weight is 257 g/mol. The predicted molar refractivity (Wildman–Crippen MR) is 68.2 cm³/mol. The van der Waals surface area contributed by atoms with E-state index >= 15 is 0 Å². The van der Waals surface area contributed by atoms with Crippen molar-refractivity contribution in [2.24, 2.45) is 5.92 Å². The Morgan fingerprint density at radius 2 is 2.11 bits per heavy atom. The molecule has 0 aliphatic carbocycles. The summed E-state index contributed by atoms with van der Waals surface area (Å²) in [6.07, 6.45) is 0. The van der Waals surface area contributed by atoms with Gasteiger partial charge in [-0.1, -0.05) is 13.8 Å². The third-order valence-electron chi connectivity index (χ3n) is 3.06. The number of nitrogens with zero attached hydrogens (tertiary/aromatic N) is 1. The molecule has 1 aliphatic rings. The minimum atomic E-state index is -0.590. The zero-order valence-electron chi connectivity index (χ0n) is 11.5. The first-order chi connectivity index (χ1) is 8.45. The van der Waals surface area contributed by atoms with Gasteiger partial charge in [-0.2, -0.15) is 0 Å². The lowest BCUT2D eigenvalue weighted by atomic mass is 10.1. The predicted octanol–water partition coefficient (Wildman–Crippen LogP) is 0.187. The van der Waals surface area contributed by atoms with Crippen LogP contribution >= 0.6 is 0 Å². The lowest BCUT2D eigenvalue weighted by molar-refractivity contribution is -0.144. The summed E-state index contributed by atoms with van der Waals surface area (Å²) in [7, 11) is 1.33. The van der Waals surface area contributed by atoms with Gasteiger partial charge in [-0.15, -0.1) is 0 Å². The summed E-state index contributed by atoms with van der Waals surface area (Å²) in [5.74, 6) is -0.400. The van der Waals surface area contributed by atoms with Crippen LogP contribution in [-0.2, 0) is 9.53 Å². The Kier molecular flexibility index (Phi) is 5.40. The van der Waals surface area contributed by atoms with Crippen LogP contribution in [0.2, 0.25) is 0 Å². The summed E-state index contributed by atoms with van der Waals surface area (Å²) in [5, 5.41) is 6.01. The maximum absolute atomic E-state index is 12.1. The van der Waals surface area contributed by atoms with E-state index in [1.165, 1.54) is 7.11 Å². The van der Waals surface area contributed by atoms with E-state index in [-0.39, 0.29) is 18.0 Å². The maximum atomic E-state index is 12.1. The minimum Gasteiger partial charge on any atom is -0.467 e. The van der Waals surface area contributed by atoms with Gasteiger partial charge in [0, 0.05) is 25.7 Å². The van der Waals surface area contributed by atoms with Crippen LogP contribution < -0.4 is 10.6 Å². The van der Waals surface area contributed by atoms with Gasteiger partial charge in [-0.25, -0.2) is 9.59 Å². The van der Waals surface area contributed by atoms with Gasteiger partial charge < -0.3 is 20.3 Å². The number of amides is 2. The van der Waals surface area contributed by atoms with Crippen molar-refractivity contribution in [3.63, 3.8) is 0 Å². The first-order valence-electron chi connectivity index (χ1n) is 6.32. The largest absolute Gasteiger partial charge is 0.467 e. The highest BCUT2D eigenvalue weighted by Gasteiger charge is 2.28. The number of hydrogen-bond donors (Lipinski definition) is 2. The van der Waals surface area contributed by atoms with E-state index in [1.54, 1.807) is 4.90 Å². The van der Waals surface area contributed by atoms with E-state index in [0.29, 0.717) is 13.1 Å². The highest BCUT2D eigenvalue weighted by molar-refractivity contribution is 5.83. The molecule has 6 heteroatoms. The van der Waals surface area contributed by atoms with Crippen LogP contribution in [0.3, 0.4) is 0 Å². The van der Waals surface area contributed by atoms with E-state index in [0.717, 1.165) is 6.54 Å². The molecule has 2 N–H and O–H groups in total. The van der Waals surface area contributed by atoms with Gasteiger partial charge in [0.25, 0.3) is 0 Å². The molecule has 0 radical (unpaired) electrons. The van der Waals surface area contributed by atoms with Crippen LogP contribution in [-0.4, -0.2) is 55.7 Å². The van der Waals surface area contributed by atoms with Crippen LogP contribution in [0.1, 0.15) is 20.8 Å². The molecule has 1 saturated heterocycles. The second-order valence-corrected chi connectivity index (χ2v) is 5.00. The van der Waals surface area contributed by atoms with Crippen LogP contribution in [0.25, 0.3) is 0 Å². The van der Waals surface area contributed by atoms with Gasteiger partial charge in [-0.3, -0.25) is 0 Å². The van der Waals surface area contributed by atoms with Gasteiger partial charge in [0.2, 0.25) is 0 Å². The van der Waals surface area contributed by atoms with Gasteiger partial charge >= 0.3 is 12.0 Å². The molecule has 18 heavy (non-hydrogen) atoms. The molecule has 6 nitrogen and oxygen atoms in total. The monoisotopic (exact) mass is 257 g/mol. The van der Waals surface area contributed by atoms with E-state index in [4.69, 9.17) is 4.74 Å². The number of methoxy groups -OCH3 is 1. The molecule has 0 saturated carbocycles. The molecule has 1 aliphatic heterocycles. The molecule has 1 fully saturated rings. The van der Waals surface area contributed by atoms with Crippen LogP contribution in [0.4, 0.5) is 4.79 Å². The molecule has 0 aromatic heterocycles. The SMILES string of the molecule is COC(=O)[C@@H](NC(=O)N1CCN[C@@H](C)C1)C(C)C. The summed E-state index contributed by atoms with van der Waals surface area (Å²) in [6, 6.07) is -0.514. The number of hydrogen-bond acceptors (Lipinski definition) is 4. The van der Waals surface area contributed by atoms with Crippen molar-refractivity contribution in [1.82, 2.24) is 15.5 Å². The van der Waals surface area contributed by atoms with Crippen LogP contribution in [0.5, 0.6) is 0 Å². The molecule has 0 bridgehead atoms. The molecule has 0 unspecified atom stereocenters. The molecule has 0 aromatic rings. The Labute approximate surface area is 108 Å². The van der Waals surface area contributed by atoms with Gasteiger partial charge in [0.1, 0.15) is 6.04 Å². The second kappa shape index (κ2) is 6.58. The number of ether oxygens (including phenoxy) is 1. The fraction of sp³-hybridized carbons (Fsp3) is 0.833. The quantitative estimate of drug-likeness (QED) is 0.708. The third-order valence-corrected chi connectivity index (χ3v) is 3.06. The van der Waals surface area contributed by atoms with E-state index in [9.17, 15) is 9.59 Å². The Hall–Kier alpha value is -1.30. The van der Waals surface area contributed by atoms with Crippen LogP contribution in [0, 0.1) is 5.92 Å². The zero-order chi connectivity index (χ0) is 13.7.